The van der Waals surface area contributed by atoms with Gasteiger partial charge in [-0.25, -0.2) is 0 Å². The highest BCUT2D eigenvalue weighted by Crippen LogP contribution is 2.48. The smallest absolute Gasteiger partial charge is 0.161 e. The summed E-state index contributed by atoms with van der Waals surface area (Å²) in [6.07, 6.45) is 3.60. The lowest BCUT2D eigenvalue weighted by Gasteiger charge is -2.33. The average molecular weight is 208 g/mol. The molecule has 84 valence electrons. The van der Waals surface area contributed by atoms with Crippen LogP contribution in [0.2, 0.25) is 0 Å². The number of carbonyl (C=O) groups excluding carboxylic acids is 1. The highest BCUT2D eigenvalue weighted by Gasteiger charge is 2.50. The molecule has 2 atom stereocenters. The fourth-order valence-corrected chi connectivity index (χ4v) is 2.91. The minimum atomic E-state index is -0.146. The van der Waals surface area contributed by atoms with E-state index >= 15 is 0 Å². The normalized spacial score (nSPS) is 34.1. The Bertz CT molecular complexity index is 325. The zero-order chi connectivity index (χ0) is 11.2. The van der Waals surface area contributed by atoms with E-state index in [1.165, 1.54) is 30.4 Å². The molecule has 1 aliphatic carbocycles. The van der Waals surface area contributed by atoms with Gasteiger partial charge in [0.25, 0.3) is 0 Å². The zero-order valence-electron chi connectivity index (χ0n) is 10.1. The molecule has 2 rings (SSSR count). The summed E-state index contributed by atoms with van der Waals surface area (Å²) in [5.74, 6) is 0.168. The van der Waals surface area contributed by atoms with Crippen molar-refractivity contribution in [2.45, 2.75) is 59.2 Å². The molecule has 0 bridgehead atoms. The summed E-state index contributed by atoms with van der Waals surface area (Å²) < 4.78 is 5.52. The molecule has 0 radical (unpaired) electrons. The van der Waals surface area contributed by atoms with Gasteiger partial charge in [0.1, 0.15) is 12.2 Å². The first-order valence-electron chi connectivity index (χ1n) is 5.79. The van der Waals surface area contributed by atoms with E-state index in [9.17, 15) is 4.79 Å². The van der Waals surface area contributed by atoms with Gasteiger partial charge in [-0.2, -0.15) is 0 Å². The number of hydrogen-bond acceptors (Lipinski definition) is 2. The molecule has 1 saturated heterocycles. The molecule has 1 aliphatic heterocycles. The predicted octanol–water partition coefficient (Wildman–Crippen LogP) is 2.87. The molecule has 0 aromatic heterocycles. The lowest BCUT2D eigenvalue weighted by Crippen LogP contribution is -2.25. The number of hydrogen-bond donors (Lipinski definition) is 0. The summed E-state index contributed by atoms with van der Waals surface area (Å²) >= 11 is 0. The summed E-state index contributed by atoms with van der Waals surface area (Å²) in [5.41, 5.74) is 3.06. The lowest BCUT2D eigenvalue weighted by molar-refractivity contribution is -0.118. The maximum atomic E-state index is 11.2. The first kappa shape index (κ1) is 10.9. The minimum Gasteiger partial charge on any atom is -0.357 e. The highest BCUT2D eigenvalue weighted by atomic mass is 16.6. The molecule has 0 unspecified atom stereocenters. The van der Waals surface area contributed by atoms with Crippen LogP contribution in [-0.2, 0) is 9.53 Å². The van der Waals surface area contributed by atoms with Gasteiger partial charge in [0, 0.05) is 0 Å². The second kappa shape index (κ2) is 3.44. The summed E-state index contributed by atoms with van der Waals surface area (Å²) in [7, 11) is 0. The van der Waals surface area contributed by atoms with Crippen LogP contribution < -0.4 is 0 Å². The van der Waals surface area contributed by atoms with Gasteiger partial charge in [0.15, 0.2) is 5.78 Å². The number of rotatable bonds is 2. The fraction of sp³-hybridized carbons (Fsp3) is 0.769. The van der Waals surface area contributed by atoms with E-state index in [1.54, 1.807) is 6.92 Å². The Morgan fingerprint density at radius 3 is 2.60 bits per heavy atom. The Morgan fingerprint density at radius 1 is 1.47 bits per heavy atom. The highest BCUT2D eigenvalue weighted by molar-refractivity contribution is 5.84. The van der Waals surface area contributed by atoms with Crippen molar-refractivity contribution in [2.24, 2.45) is 5.41 Å². The fourth-order valence-electron chi connectivity index (χ4n) is 2.91. The molecule has 15 heavy (non-hydrogen) atoms. The van der Waals surface area contributed by atoms with Gasteiger partial charge in [0.2, 0.25) is 0 Å². The van der Waals surface area contributed by atoms with Crippen LogP contribution in [0.5, 0.6) is 0 Å². The Hall–Kier alpha value is -0.630. The number of allylic oxidation sites excluding steroid dienone is 1. The van der Waals surface area contributed by atoms with Crippen molar-refractivity contribution in [1.82, 2.24) is 0 Å². The van der Waals surface area contributed by atoms with Crippen LogP contribution in [0.15, 0.2) is 11.1 Å². The topological polar surface area (TPSA) is 29.6 Å². The maximum Gasteiger partial charge on any atom is 0.161 e. The largest absolute Gasteiger partial charge is 0.357 e. The first-order chi connectivity index (χ1) is 6.93. The van der Waals surface area contributed by atoms with Crippen LogP contribution in [0.1, 0.15) is 47.0 Å². The molecule has 0 spiro atoms. The third-order valence-corrected chi connectivity index (χ3v) is 3.72. The van der Waals surface area contributed by atoms with Crippen molar-refractivity contribution in [3.8, 4) is 0 Å². The van der Waals surface area contributed by atoms with Crippen LogP contribution in [0.25, 0.3) is 0 Å². The van der Waals surface area contributed by atoms with Gasteiger partial charge >= 0.3 is 0 Å². The summed E-state index contributed by atoms with van der Waals surface area (Å²) in [4.78, 5) is 11.2. The van der Waals surface area contributed by atoms with Gasteiger partial charge in [-0.3, -0.25) is 4.79 Å². The van der Waals surface area contributed by atoms with Crippen LogP contribution in [0.3, 0.4) is 0 Å². The van der Waals surface area contributed by atoms with Crippen molar-refractivity contribution in [1.29, 1.82) is 0 Å². The van der Waals surface area contributed by atoms with Gasteiger partial charge in [-0.15, -0.1) is 0 Å². The number of Topliss-reactive ketones (excluding diaryl/α,β-unsaturated/α-hetero) is 1. The van der Waals surface area contributed by atoms with Gasteiger partial charge in [0.05, 0.1) is 0 Å². The van der Waals surface area contributed by atoms with E-state index in [0.717, 1.165) is 0 Å². The van der Waals surface area contributed by atoms with E-state index in [0.29, 0.717) is 0 Å². The number of ketones is 1. The van der Waals surface area contributed by atoms with Crippen LogP contribution in [0.4, 0.5) is 0 Å². The SMILES string of the molecule is CC(=O)[C@H]1O[C@@H]1C1=C(C)CCCC1(C)C. The predicted molar refractivity (Wildman–Crippen MR) is 59.7 cm³/mol. The number of epoxide rings is 1. The molecule has 0 N–H and O–H groups in total. The molecule has 0 amide bonds. The molecule has 1 heterocycles. The molecule has 2 aliphatic rings. The molecule has 2 heteroatoms. The second-order valence-electron chi connectivity index (χ2n) is 5.52. The van der Waals surface area contributed by atoms with Crippen molar-refractivity contribution < 1.29 is 9.53 Å². The third-order valence-electron chi connectivity index (χ3n) is 3.72. The maximum absolute atomic E-state index is 11.2. The van der Waals surface area contributed by atoms with Crippen LogP contribution in [0, 0.1) is 5.41 Å². The van der Waals surface area contributed by atoms with Gasteiger partial charge < -0.3 is 4.74 Å². The molecule has 2 nitrogen and oxygen atoms in total. The van der Waals surface area contributed by atoms with E-state index in [1.807, 2.05) is 0 Å². The quantitative estimate of drug-likeness (QED) is 0.516. The van der Waals surface area contributed by atoms with Crippen LogP contribution >= 0.6 is 0 Å². The average Bonchev–Trinajstić information content (AvgIpc) is 2.81. The Kier molecular flexibility index (Phi) is 2.50. The van der Waals surface area contributed by atoms with E-state index in [-0.39, 0.29) is 23.4 Å². The second-order valence-corrected chi connectivity index (χ2v) is 5.52. The Labute approximate surface area is 91.7 Å². The standard InChI is InChI=1S/C13H20O2/c1-8-6-5-7-13(3,4)10(8)12-11(15-12)9(2)14/h11-12H,5-7H2,1-4H3/t11-,12-/m1/s1. The zero-order valence-corrected chi connectivity index (χ0v) is 10.1. The summed E-state index contributed by atoms with van der Waals surface area (Å²) in [5, 5.41) is 0. The Morgan fingerprint density at radius 2 is 2.13 bits per heavy atom. The molecular weight excluding hydrogens is 188 g/mol. The third kappa shape index (κ3) is 1.87. The summed E-state index contributed by atoms with van der Waals surface area (Å²) in [6, 6.07) is 0. The van der Waals surface area contributed by atoms with Crippen molar-refractivity contribution in [3.63, 3.8) is 0 Å². The van der Waals surface area contributed by atoms with Crippen molar-refractivity contribution >= 4 is 5.78 Å². The molecule has 0 saturated carbocycles. The van der Waals surface area contributed by atoms with Gasteiger partial charge in [-0.05, 0) is 44.1 Å². The Balaban J connectivity index is 2.23. The lowest BCUT2D eigenvalue weighted by atomic mass is 9.71. The molecular formula is C13H20O2. The van der Waals surface area contributed by atoms with Gasteiger partial charge in [-0.1, -0.05) is 19.4 Å². The van der Waals surface area contributed by atoms with Crippen molar-refractivity contribution in [2.75, 3.05) is 0 Å². The number of ether oxygens (including phenoxy) is 1. The summed E-state index contributed by atoms with van der Waals surface area (Å²) in [6.45, 7) is 8.35. The molecule has 1 fully saturated rings. The van der Waals surface area contributed by atoms with E-state index < -0.39 is 0 Å². The monoisotopic (exact) mass is 208 g/mol. The first-order valence-corrected chi connectivity index (χ1v) is 5.79. The van der Waals surface area contributed by atoms with E-state index in [2.05, 4.69) is 20.8 Å². The minimum absolute atomic E-state index is 0.0952. The molecule has 0 aromatic carbocycles. The number of carbonyl (C=O) groups is 1. The van der Waals surface area contributed by atoms with E-state index in [4.69, 9.17) is 4.74 Å². The van der Waals surface area contributed by atoms with Crippen molar-refractivity contribution in [3.05, 3.63) is 11.1 Å². The molecule has 0 aromatic rings. The van der Waals surface area contributed by atoms with Crippen LogP contribution in [-0.4, -0.2) is 18.0 Å².